The van der Waals surface area contributed by atoms with E-state index in [0.29, 0.717) is 0 Å². The van der Waals surface area contributed by atoms with E-state index in [1.807, 2.05) is 0 Å². The average molecular weight is 814 g/mol. The SMILES string of the molecule is CO[Si](CC(CCC(F)(F)C(F)(F)C(F)(F)C(F)(F)C(F)(F)C(F)(F)F)C(F)(F)C(F)(F)C(F)(F)C(F)(F)C(F)(F)C(F)(F)F)(OC)OC. The van der Waals surface area contributed by atoms with Crippen molar-refractivity contribution >= 4 is 8.80 Å². The number of alkyl halides is 26. The molecule has 30 heteroatoms. The summed E-state index contributed by atoms with van der Waals surface area (Å²) in [5.74, 6) is -87.3. The predicted molar refractivity (Wildman–Crippen MR) is 106 cm³/mol. The molecule has 0 rings (SSSR count). The Labute approximate surface area is 255 Å². The van der Waals surface area contributed by atoms with Gasteiger partial charge in [-0.25, -0.2) is 0 Å². The van der Waals surface area contributed by atoms with Gasteiger partial charge in [0.25, 0.3) is 0 Å². The van der Waals surface area contributed by atoms with E-state index in [4.69, 9.17) is 0 Å². The fraction of sp³-hybridized carbons (Fsp3) is 1.00. The maximum Gasteiger partial charge on any atom is 0.500 e. The topological polar surface area (TPSA) is 27.7 Å². The van der Waals surface area contributed by atoms with Crippen molar-refractivity contribution in [1.29, 1.82) is 0 Å². The molecule has 0 aliphatic heterocycles. The van der Waals surface area contributed by atoms with Crippen LogP contribution in [0.5, 0.6) is 0 Å². The molecular formula is C19H16F26O3Si. The molecule has 1 unspecified atom stereocenters. The lowest BCUT2D eigenvalue weighted by Gasteiger charge is -2.43. The highest BCUT2D eigenvalue weighted by atomic mass is 28.4. The summed E-state index contributed by atoms with van der Waals surface area (Å²) in [5.41, 5.74) is 0. The van der Waals surface area contributed by atoms with E-state index in [0.717, 1.165) is 0 Å². The Hall–Kier alpha value is -1.72. The maximum atomic E-state index is 14.9. The zero-order valence-electron chi connectivity index (χ0n) is 23.3. The van der Waals surface area contributed by atoms with Crippen molar-refractivity contribution in [2.45, 2.75) is 90.5 Å². The van der Waals surface area contributed by atoms with Gasteiger partial charge in [-0.3, -0.25) is 0 Å². The summed E-state index contributed by atoms with van der Waals surface area (Å²) in [6.45, 7) is 0. The highest BCUT2D eigenvalue weighted by molar-refractivity contribution is 6.60. The Morgan fingerprint density at radius 2 is 0.653 bits per heavy atom. The van der Waals surface area contributed by atoms with Crippen LogP contribution in [0.2, 0.25) is 6.04 Å². The van der Waals surface area contributed by atoms with Gasteiger partial charge >= 0.3 is 80.4 Å². The molecule has 0 N–H and O–H groups in total. The average Bonchev–Trinajstić information content (AvgIpc) is 2.91. The number of hydrogen-bond acceptors (Lipinski definition) is 3. The van der Waals surface area contributed by atoms with Crippen molar-refractivity contribution in [3.05, 3.63) is 0 Å². The Balaban J connectivity index is 7.37. The van der Waals surface area contributed by atoms with Crippen molar-refractivity contribution in [3.63, 3.8) is 0 Å². The second-order valence-electron chi connectivity index (χ2n) is 9.65. The van der Waals surface area contributed by atoms with Crippen LogP contribution in [0.15, 0.2) is 0 Å². The zero-order chi connectivity index (χ0) is 40.3. The van der Waals surface area contributed by atoms with E-state index < -0.39 is 105 Å². The zero-order valence-corrected chi connectivity index (χ0v) is 24.3. The molecule has 0 spiro atoms. The molecule has 0 fully saturated rings. The minimum absolute atomic E-state index is 0.241. The van der Waals surface area contributed by atoms with Crippen LogP contribution >= 0.6 is 0 Å². The fourth-order valence-electron chi connectivity index (χ4n) is 3.57. The molecular weight excluding hydrogens is 798 g/mol. The molecule has 0 radical (unpaired) electrons. The summed E-state index contributed by atoms with van der Waals surface area (Å²) in [5, 5.41) is 0. The molecule has 0 aromatic rings. The second-order valence-corrected chi connectivity index (χ2v) is 12.7. The molecule has 0 aromatic heterocycles. The monoisotopic (exact) mass is 814 g/mol. The first-order valence-electron chi connectivity index (χ1n) is 11.6. The third-order valence-corrected chi connectivity index (χ3v) is 9.56. The highest BCUT2D eigenvalue weighted by Gasteiger charge is 2.92. The van der Waals surface area contributed by atoms with Crippen LogP contribution < -0.4 is 0 Å². The summed E-state index contributed by atoms with van der Waals surface area (Å²) in [6, 6.07) is -2.60. The standard InChI is InChI=1S/C19H16F26O3Si/c1-46-49(47-2,48-3)6-7(9(22,23)11(26,27)13(30,31)15(34,35)17(38,39)19(43,44)45)4-5-8(20,21)10(24,25)12(28,29)14(32,33)16(36,37)18(40,41)42/h7H,4-6H2,1-3H3. The van der Waals surface area contributed by atoms with Crippen molar-refractivity contribution < 1.29 is 127 Å². The normalized spacial score (nSPS) is 17.1. The Morgan fingerprint density at radius 3 is 0.918 bits per heavy atom. The number of halogens is 26. The minimum atomic E-state index is -8.65. The number of hydrogen-bond donors (Lipinski definition) is 0. The first kappa shape index (κ1) is 47.3. The van der Waals surface area contributed by atoms with Gasteiger partial charge < -0.3 is 13.3 Å². The largest absolute Gasteiger partial charge is 0.500 e. The molecule has 296 valence electrons. The lowest BCUT2D eigenvalue weighted by Crippen LogP contribution is -2.71. The van der Waals surface area contributed by atoms with Gasteiger partial charge in [0.1, 0.15) is 0 Å². The van der Waals surface area contributed by atoms with Gasteiger partial charge in [0.2, 0.25) is 0 Å². The Bertz CT molecular complexity index is 1120. The molecule has 0 aliphatic rings. The molecule has 3 nitrogen and oxygen atoms in total. The maximum absolute atomic E-state index is 14.9. The van der Waals surface area contributed by atoms with Crippen LogP contribution in [-0.4, -0.2) is 102 Å². The van der Waals surface area contributed by atoms with Crippen LogP contribution in [0.3, 0.4) is 0 Å². The van der Waals surface area contributed by atoms with Gasteiger partial charge in [0.15, 0.2) is 0 Å². The van der Waals surface area contributed by atoms with Gasteiger partial charge in [-0.1, -0.05) is 0 Å². The van der Waals surface area contributed by atoms with Gasteiger partial charge in [-0.05, 0) is 6.42 Å². The third-order valence-electron chi connectivity index (χ3n) is 6.70. The van der Waals surface area contributed by atoms with Crippen molar-refractivity contribution in [2.75, 3.05) is 21.3 Å². The van der Waals surface area contributed by atoms with E-state index in [9.17, 15) is 114 Å². The van der Waals surface area contributed by atoms with E-state index in [2.05, 4.69) is 13.3 Å². The van der Waals surface area contributed by atoms with Crippen molar-refractivity contribution in [3.8, 4) is 0 Å². The summed E-state index contributed by atoms with van der Waals surface area (Å²) >= 11 is 0. The first-order valence-corrected chi connectivity index (χ1v) is 13.5. The quantitative estimate of drug-likeness (QED) is 0.108. The van der Waals surface area contributed by atoms with E-state index in [-0.39, 0.29) is 21.3 Å². The fourth-order valence-corrected chi connectivity index (χ4v) is 5.63. The Kier molecular flexibility index (Phi) is 12.6. The smallest absolute Gasteiger partial charge is 0.377 e. The van der Waals surface area contributed by atoms with Crippen LogP contribution in [0.25, 0.3) is 0 Å². The molecule has 0 saturated heterocycles. The van der Waals surface area contributed by atoms with Crippen LogP contribution in [0.1, 0.15) is 12.8 Å². The van der Waals surface area contributed by atoms with E-state index >= 15 is 0 Å². The molecule has 0 aliphatic carbocycles. The van der Waals surface area contributed by atoms with Crippen molar-refractivity contribution in [2.24, 2.45) is 5.92 Å². The summed E-state index contributed by atoms with van der Waals surface area (Å²) in [7, 11) is -4.67. The summed E-state index contributed by atoms with van der Waals surface area (Å²) in [4.78, 5) is 0. The van der Waals surface area contributed by atoms with Crippen molar-refractivity contribution in [1.82, 2.24) is 0 Å². The molecule has 49 heavy (non-hydrogen) atoms. The first-order chi connectivity index (χ1) is 21.0. The summed E-state index contributed by atoms with van der Waals surface area (Å²) < 4.78 is 364. The summed E-state index contributed by atoms with van der Waals surface area (Å²) in [6.07, 6.45) is -23.1. The molecule has 1 atom stereocenters. The van der Waals surface area contributed by atoms with E-state index in [1.54, 1.807) is 0 Å². The molecule has 0 bridgehead atoms. The van der Waals surface area contributed by atoms with E-state index in [1.165, 1.54) is 0 Å². The lowest BCUT2D eigenvalue weighted by atomic mass is 9.84. The minimum Gasteiger partial charge on any atom is -0.377 e. The van der Waals surface area contributed by atoms with Gasteiger partial charge in [0.05, 0.1) is 0 Å². The van der Waals surface area contributed by atoms with Gasteiger partial charge in [-0.15, -0.1) is 0 Å². The second kappa shape index (κ2) is 13.0. The predicted octanol–water partition coefficient (Wildman–Crippen LogP) is 9.74. The lowest BCUT2D eigenvalue weighted by molar-refractivity contribution is -0.444. The Morgan fingerprint density at radius 1 is 0.388 bits per heavy atom. The van der Waals surface area contributed by atoms with Crippen LogP contribution in [-0.2, 0) is 13.3 Å². The molecule has 0 aromatic carbocycles. The molecule has 0 saturated carbocycles. The highest BCUT2D eigenvalue weighted by Crippen LogP contribution is 2.64. The van der Waals surface area contributed by atoms with Crippen LogP contribution in [0.4, 0.5) is 114 Å². The van der Waals surface area contributed by atoms with Gasteiger partial charge in [-0.2, -0.15) is 114 Å². The number of rotatable bonds is 17. The third kappa shape index (κ3) is 6.95. The van der Waals surface area contributed by atoms with Gasteiger partial charge in [0, 0.05) is 39.7 Å². The van der Waals surface area contributed by atoms with Crippen LogP contribution in [0, 0.1) is 5.92 Å². The molecule has 0 heterocycles. The molecule has 0 amide bonds.